The van der Waals surface area contributed by atoms with Crippen molar-refractivity contribution in [2.45, 2.75) is 19.9 Å². The average molecular weight is 409 g/mol. The van der Waals surface area contributed by atoms with Crippen LogP contribution in [0.25, 0.3) is 5.69 Å². The maximum atomic E-state index is 13.9. The number of amides is 1. The van der Waals surface area contributed by atoms with E-state index in [0.717, 1.165) is 37.7 Å². The summed E-state index contributed by atoms with van der Waals surface area (Å²) in [6.07, 6.45) is 2.19. The lowest BCUT2D eigenvalue weighted by molar-refractivity contribution is -0.115. The number of benzene rings is 1. The lowest BCUT2D eigenvalue weighted by Gasteiger charge is -2.35. The third-order valence-electron chi connectivity index (χ3n) is 5.04. The number of nitrogens with one attached hydrogen (secondary N) is 1. The van der Waals surface area contributed by atoms with Gasteiger partial charge in [-0.1, -0.05) is 30.3 Å². The predicted molar refractivity (Wildman–Crippen MR) is 112 cm³/mol. The highest BCUT2D eigenvalue weighted by Crippen LogP contribution is 2.18. The molecule has 8 nitrogen and oxygen atoms in total. The Morgan fingerprint density at radius 3 is 2.67 bits per heavy atom. The summed E-state index contributed by atoms with van der Waals surface area (Å²) in [5.74, 6) is 1.06. The molecule has 156 valence electrons. The molecule has 0 bridgehead atoms. The highest BCUT2D eigenvalue weighted by Gasteiger charge is 2.20. The van der Waals surface area contributed by atoms with Gasteiger partial charge >= 0.3 is 0 Å². The Morgan fingerprint density at radius 2 is 1.90 bits per heavy atom. The van der Waals surface area contributed by atoms with Gasteiger partial charge in [-0.2, -0.15) is 0 Å². The number of para-hydroxylation sites is 1. The van der Waals surface area contributed by atoms with Crippen LogP contribution in [-0.4, -0.2) is 57.0 Å². The van der Waals surface area contributed by atoms with Crippen molar-refractivity contribution in [1.82, 2.24) is 24.9 Å². The van der Waals surface area contributed by atoms with E-state index >= 15 is 0 Å². The van der Waals surface area contributed by atoms with Crippen LogP contribution in [0.5, 0.6) is 0 Å². The normalized spacial score (nSPS) is 14.7. The number of carbonyl (C=O) groups is 1. The third-order valence-corrected chi connectivity index (χ3v) is 5.04. The summed E-state index contributed by atoms with van der Waals surface area (Å²) in [5.41, 5.74) is 1.19. The molecule has 1 aliphatic rings. The molecule has 4 rings (SSSR count). The second-order valence-electron chi connectivity index (χ2n) is 7.15. The molecule has 3 aromatic rings. The summed E-state index contributed by atoms with van der Waals surface area (Å²) in [6.45, 7) is 5.80. The number of carbonyl (C=O) groups excluding carboxylic acids is 1. The number of piperazine rings is 1. The van der Waals surface area contributed by atoms with Crippen LogP contribution >= 0.6 is 0 Å². The SMILES string of the molecule is CCC(=O)Nc1cccc(N2CCN(Cc3cn(-c4ccccc4F)nn3)CC2)n1. The zero-order valence-electron chi connectivity index (χ0n) is 16.8. The minimum Gasteiger partial charge on any atom is -0.354 e. The number of hydrogen-bond acceptors (Lipinski definition) is 6. The van der Waals surface area contributed by atoms with Crippen LogP contribution in [0.2, 0.25) is 0 Å². The zero-order chi connectivity index (χ0) is 20.9. The van der Waals surface area contributed by atoms with E-state index in [1.165, 1.54) is 10.7 Å². The topological polar surface area (TPSA) is 79.2 Å². The molecule has 1 saturated heterocycles. The van der Waals surface area contributed by atoms with Gasteiger partial charge in [0.1, 0.15) is 23.1 Å². The van der Waals surface area contributed by atoms with Crippen molar-refractivity contribution < 1.29 is 9.18 Å². The fourth-order valence-corrected chi connectivity index (χ4v) is 3.39. The first-order valence-electron chi connectivity index (χ1n) is 10.0. The van der Waals surface area contributed by atoms with Crippen LogP contribution in [0.3, 0.4) is 0 Å². The number of pyridine rings is 1. The van der Waals surface area contributed by atoms with Gasteiger partial charge in [0.25, 0.3) is 0 Å². The van der Waals surface area contributed by atoms with Crippen LogP contribution in [0.15, 0.2) is 48.7 Å². The van der Waals surface area contributed by atoms with E-state index in [4.69, 9.17) is 0 Å². The van der Waals surface area contributed by atoms with E-state index in [9.17, 15) is 9.18 Å². The Bertz CT molecular complexity index is 1010. The van der Waals surface area contributed by atoms with Gasteiger partial charge in [-0.05, 0) is 24.3 Å². The molecular formula is C21H24FN7O. The predicted octanol–water partition coefficient (Wildman–Crippen LogP) is 2.47. The van der Waals surface area contributed by atoms with Crippen LogP contribution < -0.4 is 10.2 Å². The minimum atomic E-state index is -0.326. The first-order valence-corrected chi connectivity index (χ1v) is 10.0. The smallest absolute Gasteiger partial charge is 0.225 e. The monoisotopic (exact) mass is 409 g/mol. The maximum Gasteiger partial charge on any atom is 0.225 e. The molecule has 2 aromatic heterocycles. The van der Waals surface area contributed by atoms with E-state index in [-0.39, 0.29) is 11.7 Å². The van der Waals surface area contributed by atoms with Gasteiger partial charge in [0.2, 0.25) is 5.91 Å². The second-order valence-corrected chi connectivity index (χ2v) is 7.15. The van der Waals surface area contributed by atoms with Gasteiger partial charge in [-0.15, -0.1) is 5.10 Å². The van der Waals surface area contributed by atoms with Gasteiger partial charge in [0.05, 0.1) is 11.9 Å². The quantitative estimate of drug-likeness (QED) is 0.674. The summed E-state index contributed by atoms with van der Waals surface area (Å²) >= 11 is 0. The van der Waals surface area contributed by atoms with E-state index in [2.05, 4.69) is 30.4 Å². The van der Waals surface area contributed by atoms with Crippen molar-refractivity contribution in [3.05, 3.63) is 60.2 Å². The van der Waals surface area contributed by atoms with Crippen molar-refractivity contribution in [3.63, 3.8) is 0 Å². The van der Waals surface area contributed by atoms with Crippen molar-refractivity contribution in [2.75, 3.05) is 36.4 Å². The molecule has 0 unspecified atom stereocenters. The van der Waals surface area contributed by atoms with E-state index < -0.39 is 0 Å². The van der Waals surface area contributed by atoms with Gasteiger partial charge in [0, 0.05) is 39.1 Å². The number of aromatic nitrogens is 4. The van der Waals surface area contributed by atoms with Crippen molar-refractivity contribution in [3.8, 4) is 5.69 Å². The molecule has 1 amide bonds. The molecule has 0 aliphatic carbocycles. The molecule has 1 N–H and O–H groups in total. The molecule has 1 fully saturated rings. The molecular weight excluding hydrogens is 385 g/mol. The van der Waals surface area contributed by atoms with Gasteiger partial charge in [0.15, 0.2) is 0 Å². The van der Waals surface area contributed by atoms with Crippen LogP contribution in [0.4, 0.5) is 16.0 Å². The van der Waals surface area contributed by atoms with Crippen molar-refractivity contribution in [1.29, 1.82) is 0 Å². The van der Waals surface area contributed by atoms with Crippen LogP contribution in [-0.2, 0) is 11.3 Å². The van der Waals surface area contributed by atoms with Crippen molar-refractivity contribution >= 4 is 17.5 Å². The molecule has 9 heteroatoms. The number of nitrogens with zero attached hydrogens (tertiary/aromatic N) is 6. The molecule has 1 aromatic carbocycles. The molecule has 0 atom stereocenters. The van der Waals surface area contributed by atoms with Crippen LogP contribution in [0, 0.1) is 5.82 Å². The molecule has 30 heavy (non-hydrogen) atoms. The summed E-state index contributed by atoms with van der Waals surface area (Å²) in [7, 11) is 0. The average Bonchev–Trinajstić information content (AvgIpc) is 3.23. The summed E-state index contributed by atoms with van der Waals surface area (Å²) in [6, 6.07) is 12.2. The molecule has 3 heterocycles. The van der Waals surface area contributed by atoms with E-state index in [1.54, 1.807) is 30.5 Å². The first kappa shape index (κ1) is 20.0. The first-order chi connectivity index (χ1) is 14.6. The summed E-state index contributed by atoms with van der Waals surface area (Å²) in [5, 5.41) is 11.1. The van der Waals surface area contributed by atoms with Gasteiger partial charge < -0.3 is 10.2 Å². The second kappa shape index (κ2) is 9.00. The highest BCUT2D eigenvalue weighted by atomic mass is 19.1. The van der Waals surface area contributed by atoms with Crippen LogP contribution in [0.1, 0.15) is 19.0 Å². The lowest BCUT2D eigenvalue weighted by Crippen LogP contribution is -2.46. The summed E-state index contributed by atoms with van der Waals surface area (Å²) < 4.78 is 15.4. The Balaban J connectivity index is 1.34. The zero-order valence-corrected chi connectivity index (χ0v) is 16.8. The van der Waals surface area contributed by atoms with E-state index in [0.29, 0.717) is 24.5 Å². The number of anilines is 2. The fourth-order valence-electron chi connectivity index (χ4n) is 3.39. The van der Waals surface area contributed by atoms with Gasteiger partial charge in [-0.3, -0.25) is 9.69 Å². The Morgan fingerprint density at radius 1 is 1.10 bits per heavy atom. The molecule has 1 aliphatic heterocycles. The number of halogens is 1. The number of hydrogen-bond donors (Lipinski definition) is 1. The largest absolute Gasteiger partial charge is 0.354 e. The van der Waals surface area contributed by atoms with E-state index in [1.807, 2.05) is 19.1 Å². The molecule has 0 saturated carbocycles. The van der Waals surface area contributed by atoms with Gasteiger partial charge in [-0.25, -0.2) is 14.1 Å². The minimum absolute atomic E-state index is 0.0482. The Kier molecular flexibility index (Phi) is 5.99. The number of rotatable bonds is 6. The van der Waals surface area contributed by atoms with Crippen molar-refractivity contribution in [2.24, 2.45) is 0 Å². The molecule has 0 spiro atoms. The Hall–Kier alpha value is -3.33. The fraction of sp³-hybridized carbons (Fsp3) is 0.333. The molecule has 0 radical (unpaired) electrons. The lowest BCUT2D eigenvalue weighted by atomic mass is 10.2. The third kappa shape index (κ3) is 4.62. The summed E-state index contributed by atoms with van der Waals surface area (Å²) in [4.78, 5) is 20.6. The Labute approximate surface area is 174 Å². The highest BCUT2D eigenvalue weighted by molar-refractivity contribution is 5.89. The maximum absolute atomic E-state index is 13.9. The standard InChI is InChI=1S/C21H24FN7O/c1-2-21(30)24-19-8-5-9-20(23-19)28-12-10-27(11-13-28)14-16-15-29(26-25-16)18-7-4-3-6-17(18)22/h3-9,15H,2,10-14H2,1H3,(H,23,24,30).